The van der Waals surface area contributed by atoms with Gasteiger partial charge in [-0.3, -0.25) is 4.98 Å². The van der Waals surface area contributed by atoms with Crippen LogP contribution in [0.5, 0.6) is 5.75 Å². The molecule has 0 saturated heterocycles. The van der Waals surface area contributed by atoms with Gasteiger partial charge in [-0.1, -0.05) is 0 Å². The predicted molar refractivity (Wildman–Crippen MR) is 46.0 cm³/mol. The Morgan fingerprint density at radius 2 is 2.50 bits per heavy atom. The Morgan fingerprint density at radius 3 is 3.08 bits per heavy atom. The summed E-state index contributed by atoms with van der Waals surface area (Å²) in [6, 6.07) is 3.66. The topological polar surface area (TPSA) is 42.4 Å². The third kappa shape index (κ3) is 3.34. The minimum absolute atomic E-state index is 0.304. The zero-order chi connectivity index (χ0) is 8.81. The van der Waals surface area contributed by atoms with E-state index in [9.17, 15) is 0 Å². The largest absolute Gasteiger partial charge is 0.492 e. The van der Waals surface area contributed by atoms with E-state index in [0.717, 1.165) is 5.75 Å². The molecule has 0 fully saturated rings. The summed E-state index contributed by atoms with van der Waals surface area (Å²) < 4.78 is 5.29. The first-order chi connectivity index (χ1) is 5.79. The Morgan fingerprint density at radius 1 is 1.67 bits per heavy atom. The monoisotopic (exact) mass is 167 g/mol. The number of hydrogen-bond acceptors (Lipinski definition) is 3. The molecule has 12 heavy (non-hydrogen) atoms. The number of aromatic nitrogens is 1. The lowest BCUT2D eigenvalue weighted by Gasteiger charge is -2.06. The SMILES string of the molecule is C[C@@H](O)CCOc1cccnc1. The van der Waals surface area contributed by atoms with E-state index < -0.39 is 0 Å². The molecule has 0 bridgehead atoms. The zero-order valence-electron chi connectivity index (χ0n) is 7.10. The maximum absolute atomic E-state index is 8.93. The molecule has 1 rings (SSSR count). The van der Waals surface area contributed by atoms with E-state index in [1.807, 2.05) is 12.1 Å². The molecule has 1 heterocycles. The highest BCUT2D eigenvalue weighted by atomic mass is 16.5. The third-order valence-electron chi connectivity index (χ3n) is 1.44. The zero-order valence-corrected chi connectivity index (χ0v) is 7.10. The van der Waals surface area contributed by atoms with Crippen molar-refractivity contribution in [2.45, 2.75) is 19.4 Å². The summed E-state index contributed by atoms with van der Waals surface area (Å²) in [4.78, 5) is 3.89. The van der Waals surface area contributed by atoms with E-state index >= 15 is 0 Å². The Kier molecular flexibility index (Phi) is 3.54. The molecule has 0 unspecified atom stereocenters. The maximum atomic E-state index is 8.93. The molecule has 0 saturated carbocycles. The fourth-order valence-electron chi connectivity index (χ4n) is 0.780. The van der Waals surface area contributed by atoms with Crippen molar-refractivity contribution < 1.29 is 9.84 Å². The van der Waals surface area contributed by atoms with E-state index in [1.54, 1.807) is 19.3 Å². The molecule has 0 aliphatic heterocycles. The van der Waals surface area contributed by atoms with Crippen LogP contribution < -0.4 is 4.74 Å². The lowest BCUT2D eigenvalue weighted by Crippen LogP contribution is -2.07. The minimum atomic E-state index is -0.304. The van der Waals surface area contributed by atoms with Crippen molar-refractivity contribution in [3.63, 3.8) is 0 Å². The van der Waals surface area contributed by atoms with Crippen LogP contribution in [0.25, 0.3) is 0 Å². The molecule has 0 aliphatic rings. The van der Waals surface area contributed by atoms with Crippen molar-refractivity contribution in [2.24, 2.45) is 0 Å². The van der Waals surface area contributed by atoms with Crippen LogP contribution in [-0.2, 0) is 0 Å². The molecule has 1 N–H and O–H groups in total. The fraction of sp³-hybridized carbons (Fsp3) is 0.444. The highest BCUT2D eigenvalue weighted by Gasteiger charge is 1.96. The Bertz CT molecular complexity index is 211. The van der Waals surface area contributed by atoms with E-state index in [4.69, 9.17) is 9.84 Å². The van der Waals surface area contributed by atoms with Gasteiger partial charge in [0.2, 0.25) is 0 Å². The van der Waals surface area contributed by atoms with Gasteiger partial charge in [0.15, 0.2) is 0 Å². The molecule has 1 atom stereocenters. The molecule has 0 aliphatic carbocycles. The first-order valence-electron chi connectivity index (χ1n) is 4.00. The van der Waals surface area contributed by atoms with E-state index in [2.05, 4.69) is 4.98 Å². The van der Waals surface area contributed by atoms with Crippen LogP contribution in [0, 0.1) is 0 Å². The first-order valence-corrected chi connectivity index (χ1v) is 4.00. The second-order valence-electron chi connectivity index (χ2n) is 2.67. The van der Waals surface area contributed by atoms with Crippen molar-refractivity contribution in [1.29, 1.82) is 0 Å². The molecular formula is C9H13NO2. The average molecular weight is 167 g/mol. The average Bonchev–Trinajstić information content (AvgIpc) is 2.05. The maximum Gasteiger partial charge on any atom is 0.137 e. The molecule has 0 radical (unpaired) electrons. The molecule has 3 nitrogen and oxygen atoms in total. The van der Waals surface area contributed by atoms with Crippen LogP contribution in [0.1, 0.15) is 13.3 Å². The number of nitrogens with zero attached hydrogens (tertiary/aromatic N) is 1. The summed E-state index contributed by atoms with van der Waals surface area (Å²) >= 11 is 0. The number of aliphatic hydroxyl groups excluding tert-OH is 1. The number of hydrogen-bond donors (Lipinski definition) is 1. The molecular weight excluding hydrogens is 154 g/mol. The number of rotatable bonds is 4. The highest BCUT2D eigenvalue weighted by Crippen LogP contribution is 2.06. The van der Waals surface area contributed by atoms with E-state index in [-0.39, 0.29) is 6.10 Å². The standard InChI is InChI=1S/C9H13NO2/c1-8(11)4-6-12-9-3-2-5-10-7-9/h2-3,5,7-8,11H,4,6H2,1H3/t8-/m1/s1. The van der Waals surface area contributed by atoms with Crippen molar-refractivity contribution in [2.75, 3.05) is 6.61 Å². The second kappa shape index (κ2) is 4.72. The lowest BCUT2D eigenvalue weighted by atomic mass is 10.3. The summed E-state index contributed by atoms with van der Waals surface area (Å²) in [7, 11) is 0. The number of pyridine rings is 1. The van der Waals surface area contributed by atoms with Crippen LogP contribution in [0.15, 0.2) is 24.5 Å². The summed E-state index contributed by atoms with van der Waals surface area (Å²) in [5, 5.41) is 8.93. The summed E-state index contributed by atoms with van der Waals surface area (Å²) in [5.41, 5.74) is 0. The third-order valence-corrected chi connectivity index (χ3v) is 1.44. The number of ether oxygens (including phenoxy) is 1. The molecule has 66 valence electrons. The summed E-state index contributed by atoms with van der Waals surface area (Å²) in [6.45, 7) is 2.27. The van der Waals surface area contributed by atoms with Gasteiger partial charge in [0.1, 0.15) is 5.75 Å². The molecule has 3 heteroatoms. The van der Waals surface area contributed by atoms with Crippen molar-refractivity contribution in [3.8, 4) is 5.75 Å². The van der Waals surface area contributed by atoms with Crippen LogP contribution in [0.2, 0.25) is 0 Å². The van der Waals surface area contributed by atoms with Gasteiger partial charge in [0, 0.05) is 12.6 Å². The highest BCUT2D eigenvalue weighted by molar-refractivity contribution is 5.15. The normalized spacial score (nSPS) is 12.5. The quantitative estimate of drug-likeness (QED) is 0.733. The Hall–Kier alpha value is -1.09. The number of aliphatic hydroxyl groups is 1. The van der Waals surface area contributed by atoms with Gasteiger partial charge in [-0.15, -0.1) is 0 Å². The van der Waals surface area contributed by atoms with Gasteiger partial charge in [-0.25, -0.2) is 0 Å². The molecule has 0 spiro atoms. The minimum Gasteiger partial charge on any atom is -0.492 e. The molecule has 0 aromatic carbocycles. The summed E-state index contributed by atoms with van der Waals surface area (Å²) in [5.74, 6) is 0.748. The van der Waals surface area contributed by atoms with Crippen molar-refractivity contribution in [1.82, 2.24) is 4.98 Å². The molecule has 1 aromatic heterocycles. The lowest BCUT2D eigenvalue weighted by molar-refractivity contribution is 0.155. The van der Waals surface area contributed by atoms with Gasteiger partial charge in [-0.2, -0.15) is 0 Å². The fourth-order valence-corrected chi connectivity index (χ4v) is 0.780. The van der Waals surface area contributed by atoms with Crippen molar-refractivity contribution >= 4 is 0 Å². The first kappa shape index (κ1) is 9.00. The van der Waals surface area contributed by atoms with Gasteiger partial charge in [0.05, 0.1) is 18.9 Å². The molecule has 0 amide bonds. The summed E-state index contributed by atoms with van der Waals surface area (Å²) in [6.07, 6.45) is 3.69. The second-order valence-corrected chi connectivity index (χ2v) is 2.67. The van der Waals surface area contributed by atoms with Gasteiger partial charge < -0.3 is 9.84 Å². The van der Waals surface area contributed by atoms with Crippen LogP contribution in [0.3, 0.4) is 0 Å². The van der Waals surface area contributed by atoms with Crippen LogP contribution in [0.4, 0.5) is 0 Å². The van der Waals surface area contributed by atoms with Crippen LogP contribution in [-0.4, -0.2) is 22.8 Å². The van der Waals surface area contributed by atoms with E-state index in [0.29, 0.717) is 13.0 Å². The van der Waals surface area contributed by atoms with Gasteiger partial charge >= 0.3 is 0 Å². The van der Waals surface area contributed by atoms with Crippen molar-refractivity contribution in [3.05, 3.63) is 24.5 Å². The van der Waals surface area contributed by atoms with E-state index in [1.165, 1.54) is 0 Å². The molecule has 1 aromatic rings. The van der Waals surface area contributed by atoms with Crippen LogP contribution >= 0.6 is 0 Å². The predicted octanol–water partition coefficient (Wildman–Crippen LogP) is 1.23. The Labute approximate surface area is 72.0 Å². The Balaban J connectivity index is 2.25. The smallest absolute Gasteiger partial charge is 0.137 e. The van der Waals surface area contributed by atoms with Gasteiger partial charge in [0.25, 0.3) is 0 Å². The van der Waals surface area contributed by atoms with Gasteiger partial charge in [-0.05, 0) is 19.1 Å².